The van der Waals surface area contributed by atoms with Gasteiger partial charge in [0.05, 0.1) is 5.69 Å². The van der Waals surface area contributed by atoms with Crippen molar-refractivity contribution >= 4 is 38.0 Å². The fourth-order valence-corrected chi connectivity index (χ4v) is 7.49. The highest BCUT2D eigenvalue weighted by molar-refractivity contribution is 6.19. The smallest absolute Gasteiger partial charge is 0.137 e. The Labute approximate surface area is 244 Å². The number of hydrogen-bond donors (Lipinski definition) is 0. The first-order valence-corrected chi connectivity index (χ1v) is 14.6. The van der Waals surface area contributed by atoms with Gasteiger partial charge in [-0.2, -0.15) is 0 Å². The van der Waals surface area contributed by atoms with E-state index >= 15 is 0 Å². The lowest BCUT2D eigenvalue weighted by Crippen LogP contribution is -2.16. The number of benzene rings is 6. The summed E-state index contributed by atoms with van der Waals surface area (Å²) in [6.07, 6.45) is 4.13. The molecule has 9 rings (SSSR count). The third kappa shape index (κ3) is 3.18. The molecule has 1 aliphatic carbocycles. The van der Waals surface area contributed by atoms with Crippen LogP contribution in [0.2, 0.25) is 0 Å². The highest BCUT2D eigenvalue weighted by Crippen LogP contribution is 2.56. The monoisotopic (exact) mass is 536 g/mol. The minimum atomic E-state index is -0.120. The summed E-state index contributed by atoms with van der Waals surface area (Å²) < 4.78 is 2.07. The van der Waals surface area contributed by atoms with Crippen molar-refractivity contribution in [1.29, 1.82) is 0 Å². The molecule has 2 heteroatoms. The zero-order valence-electron chi connectivity index (χ0n) is 23.6. The fraction of sp³-hybridized carbons (Fsp3) is 0.0750. The van der Waals surface area contributed by atoms with E-state index in [1.54, 1.807) is 0 Å². The predicted molar refractivity (Wildman–Crippen MR) is 176 cm³/mol. The van der Waals surface area contributed by atoms with Crippen LogP contribution in [0.5, 0.6) is 0 Å². The molecule has 2 nitrogen and oxygen atoms in total. The zero-order chi connectivity index (χ0) is 28.0. The van der Waals surface area contributed by atoms with Crippen molar-refractivity contribution in [3.63, 3.8) is 0 Å². The van der Waals surface area contributed by atoms with E-state index in [9.17, 15) is 0 Å². The topological polar surface area (TPSA) is 17.3 Å². The van der Waals surface area contributed by atoms with E-state index in [4.69, 9.17) is 4.98 Å². The fourth-order valence-electron chi connectivity index (χ4n) is 7.49. The van der Waals surface area contributed by atoms with Crippen molar-refractivity contribution < 1.29 is 0 Å². The molecule has 0 radical (unpaired) electrons. The van der Waals surface area contributed by atoms with Crippen LogP contribution in [0.4, 0.5) is 0 Å². The molecule has 0 saturated carbocycles. The van der Waals surface area contributed by atoms with Crippen LogP contribution in [0.15, 0.2) is 134 Å². The van der Waals surface area contributed by atoms with Gasteiger partial charge in [0.15, 0.2) is 0 Å². The molecule has 1 aliphatic rings. The van der Waals surface area contributed by atoms with Gasteiger partial charge >= 0.3 is 0 Å². The largest absolute Gasteiger partial charge is 0.306 e. The number of imidazole rings is 1. The van der Waals surface area contributed by atoms with E-state index in [0.717, 1.165) is 16.9 Å². The van der Waals surface area contributed by atoms with Crippen LogP contribution in [0.3, 0.4) is 0 Å². The molecule has 0 spiro atoms. The predicted octanol–water partition coefficient (Wildman–Crippen LogP) is 10.4. The van der Waals surface area contributed by atoms with Gasteiger partial charge in [0.1, 0.15) is 5.65 Å². The Balaban J connectivity index is 1.18. The van der Waals surface area contributed by atoms with Crippen LogP contribution in [0.1, 0.15) is 25.0 Å². The molecule has 8 aromatic rings. The molecule has 0 aliphatic heterocycles. The third-order valence-corrected chi connectivity index (χ3v) is 9.35. The Morgan fingerprint density at radius 2 is 1.21 bits per heavy atom. The Hall–Kier alpha value is -5.21. The number of aromatic nitrogens is 2. The van der Waals surface area contributed by atoms with E-state index in [1.807, 2.05) is 24.4 Å². The maximum atomic E-state index is 4.79. The summed E-state index contributed by atoms with van der Waals surface area (Å²) >= 11 is 0. The maximum absolute atomic E-state index is 4.79. The lowest BCUT2D eigenvalue weighted by atomic mass is 9.77. The summed E-state index contributed by atoms with van der Waals surface area (Å²) in [4.78, 5) is 4.79. The second-order valence-corrected chi connectivity index (χ2v) is 12.1. The van der Waals surface area contributed by atoms with Crippen molar-refractivity contribution in [3.05, 3.63) is 145 Å². The average Bonchev–Trinajstić information content (AvgIpc) is 3.58. The normalized spacial score (nSPS) is 13.7. The Kier molecular flexibility index (Phi) is 4.70. The highest BCUT2D eigenvalue weighted by Gasteiger charge is 2.39. The summed E-state index contributed by atoms with van der Waals surface area (Å²) in [6, 6.07) is 44.4. The van der Waals surface area contributed by atoms with Gasteiger partial charge in [0, 0.05) is 23.4 Å². The Morgan fingerprint density at radius 1 is 0.548 bits per heavy atom. The summed E-state index contributed by atoms with van der Waals surface area (Å²) in [7, 11) is 0. The molecule has 42 heavy (non-hydrogen) atoms. The van der Waals surface area contributed by atoms with E-state index in [-0.39, 0.29) is 5.41 Å². The van der Waals surface area contributed by atoms with E-state index in [1.165, 1.54) is 65.7 Å². The highest BCUT2D eigenvalue weighted by atomic mass is 15.0. The molecule has 0 atom stereocenters. The van der Waals surface area contributed by atoms with E-state index < -0.39 is 0 Å². The average molecular weight is 537 g/mol. The lowest BCUT2D eigenvalue weighted by molar-refractivity contribution is 0.672. The van der Waals surface area contributed by atoms with Gasteiger partial charge < -0.3 is 4.40 Å². The van der Waals surface area contributed by atoms with Gasteiger partial charge in [-0.15, -0.1) is 0 Å². The molecular formula is C40H28N2. The number of rotatable bonds is 2. The van der Waals surface area contributed by atoms with Crippen LogP contribution in [0, 0.1) is 0 Å². The van der Waals surface area contributed by atoms with Crippen molar-refractivity contribution in [2.24, 2.45) is 0 Å². The first-order chi connectivity index (χ1) is 20.6. The zero-order valence-corrected chi connectivity index (χ0v) is 23.6. The summed E-state index contributed by atoms with van der Waals surface area (Å²) in [5.41, 5.74) is 11.1. The van der Waals surface area contributed by atoms with E-state index in [2.05, 4.69) is 128 Å². The first kappa shape index (κ1) is 23.5. The summed E-state index contributed by atoms with van der Waals surface area (Å²) in [5, 5.41) is 8.00. The van der Waals surface area contributed by atoms with Gasteiger partial charge in [-0.25, -0.2) is 4.98 Å². The van der Waals surface area contributed by atoms with E-state index in [0.29, 0.717) is 0 Å². The molecular weight excluding hydrogens is 508 g/mol. The van der Waals surface area contributed by atoms with Crippen LogP contribution >= 0.6 is 0 Å². The molecule has 6 aromatic carbocycles. The molecule has 0 bridgehead atoms. The Morgan fingerprint density at radius 3 is 2.00 bits per heavy atom. The number of fused-ring (bicyclic) bond motifs is 11. The van der Waals surface area contributed by atoms with Crippen molar-refractivity contribution in [3.8, 4) is 33.5 Å². The summed E-state index contributed by atoms with van der Waals surface area (Å²) in [6.45, 7) is 4.81. The van der Waals surface area contributed by atoms with Crippen LogP contribution in [0.25, 0.3) is 71.5 Å². The molecule has 2 heterocycles. The molecule has 0 fully saturated rings. The van der Waals surface area contributed by atoms with Gasteiger partial charge in [-0.05, 0) is 83.9 Å². The van der Waals surface area contributed by atoms with Crippen LogP contribution in [-0.2, 0) is 5.41 Å². The molecule has 0 N–H and O–H groups in total. The quantitative estimate of drug-likeness (QED) is 0.201. The molecule has 0 saturated heterocycles. The standard InChI is InChI=1S/C40H28N2/c1-40(2)38-29-20-18-27(25-14-16-26(17-15-25)35-24-42-22-8-7-13-36(42)41-35)23-28(29)19-21-34(38)37-32-11-5-3-9-30(32)31-10-4-6-12-33(31)39(37)40/h3-24H,1-2H3. The van der Waals surface area contributed by atoms with Crippen LogP contribution in [-0.4, -0.2) is 9.38 Å². The van der Waals surface area contributed by atoms with Crippen LogP contribution < -0.4 is 0 Å². The minimum Gasteiger partial charge on any atom is -0.306 e. The Bertz CT molecular complexity index is 2340. The molecule has 2 aromatic heterocycles. The lowest BCUT2D eigenvalue weighted by Gasteiger charge is -2.25. The summed E-state index contributed by atoms with van der Waals surface area (Å²) in [5.74, 6) is 0. The van der Waals surface area contributed by atoms with Gasteiger partial charge in [0.25, 0.3) is 0 Å². The molecule has 0 amide bonds. The second-order valence-electron chi connectivity index (χ2n) is 12.1. The third-order valence-electron chi connectivity index (χ3n) is 9.35. The number of hydrogen-bond acceptors (Lipinski definition) is 1. The van der Waals surface area contributed by atoms with Gasteiger partial charge in [-0.3, -0.25) is 0 Å². The maximum Gasteiger partial charge on any atom is 0.137 e. The van der Waals surface area contributed by atoms with Gasteiger partial charge in [0.2, 0.25) is 0 Å². The second kappa shape index (κ2) is 8.41. The first-order valence-electron chi connectivity index (χ1n) is 14.6. The minimum absolute atomic E-state index is 0.120. The number of nitrogens with zero attached hydrogens (tertiary/aromatic N) is 2. The van der Waals surface area contributed by atoms with Gasteiger partial charge in [-0.1, -0.05) is 117 Å². The SMILES string of the molecule is CC1(C)c2c(ccc3cc(-c4ccc(-c5cn6ccccc6n5)cc4)ccc23)-c2c1c1ccccc1c1ccccc21. The van der Waals surface area contributed by atoms with Crippen molar-refractivity contribution in [2.75, 3.05) is 0 Å². The van der Waals surface area contributed by atoms with Crippen molar-refractivity contribution in [1.82, 2.24) is 9.38 Å². The molecule has 198 valence electrons. The molecule has 0 unspecified atom stereocenters. The number of pyridine rings is 1. The van der Waals surface area contributed by atoms with Crippen molar-refractivity contribution in [2.45, 2.75) is 19.3 Å².